The van der Waals surface area contributed by atoms with Gasteiger partial charge in [-0.1, -0.05) is 24.3 Å². The van der Waals surface area contributed by atoms with E-state index < -0.39 is 11.9 Å². The third-order valence-electron chi connectivity index (χ3n) is 2.86. The van der Waals surface area contributed by atoms with E-state index in [1.807, 2.05) is 6.92 Å². The van der Waals surface area contributed by atoms with Crippen molar-refractivity contribution < 1.29 is 13.2 Å². The molecule has 3 N–H and O–H groups in total. The second-order valence-electron chi connectivity index (χ2n) is 4.47. The summed E-state index contributed by atoms with van der Waals surface area (Å²) < 4.78 is 37.9. The van der Waals surface area contributed by atoms with Crippen LogP contribution < -0.4 is 5.73 Å². The molecule has 0 amide bonds. The highest BCUT2D eigenvalue weighted by Gasteiger charge is 2.36. The molecule has 1 aromatic carbocycles. The molecule has 2 rings (SSSR count). The van der Waals surface area contributed by atoms with Gasteiger partial charge in [-0.2, -0.15) is 13.2 Å². The standard InChI is InChI=1S/C13H14F3N3/c1-7(17)9-3-5-10(6-4-9)12-18-8(2)11(19-12)13(14,15)16/h3-7H,17H2,1-2H3,(H,18,19). The van der Waals surface area contributed by atoms with Crippen molar-refractivity contribution in [3.05, 3.63) is 41.2 Å². The van der Waals surface area contributed by atoms with Crippen molar-refractivity contribution in [2.45, 2.75) is 26.1 Å². The molecular weight excluding hydrogens is 255 g/mol. The van der Waals surface area contributed by atoms with Crippen molar-refractivity contribution in [2.24, 2.45) is 5.73 Å². The number of aromatic nitrogens is 2. The number of alkyl halides is 3. The zero-order chi connectivity index (χ0) is 14.2. The Morgan fingerprint density at radius 1 is 1.21 bits per heavy atom. The summed E-state index contributed by atoms with van der Waals surface area (Å²) in [5, 5.41) is 0. The average Bonchev–Trinajstić information content (AvgIpc) is 2.71. The van der Waals surface area contributed by atoms with Crippen molar-refractivity contribution in [1.29, 1.82) is 0 Å². The van der Waals surface area contributed by atoms with Gasteiger partial charge in [-0.3, -0.25) is 0 Å². The van der Waals surface area contributed by atoms with Crippen LogP contribution in [0.3, 0.4) is 0 Å². The molecule has 3 nitrogen and oxygen atoms in total. The van der Waals surface area contributed by atoms with Gasteiger partial charge in [0.2, 0.25) is 0 Å². The molecule has 0 saturated heterocycles. The van der Waals surface area contributed by atoms with Gasteiger partial charge in [0.05, 0.1) is 0 Å². The SMILES string of the molecule is Cc1[nH]c(-c2ccc(C(C)N)cc2)nc1C(F)(F)F. The summed E-state index contributed by atoms with van der Waals surface area (Å²) >= 11 is 0. The van der Waals surface area contributed by atoms with E-state index in [1.165, 1.54) is 6.92 Å². The van der Waals surface area contributed by atoms with Crippen LogP contribution in [-0.4, -0.2) is 9.97 Å². The normalized spacial score (nSPS) is 13.6. The average molecular weight is 269 g/mol. The molecule has 1 atom stereocenters. The predicted octanol–water partition coefficient (Wildman–Crippen LogP) is 3.42. The highest BCUT2D eigenvalue weighted by molar-refractivity contribution is 5.56. The maximum atomic E-state index is 12.6. The third kappa shape index (κ3) is 2.78. The number of nitrogens with one attached hydrogen (secondary N) is 1. The number of imidazole rings is 1. The molecule has 0 saturated carbocycles. The first-order chi connectivity index (χ1) is 8.79. The zero-order valence-corrected chi connectivity index (χ0v) is 10.5. The Labute approximate surface area is 108 Å². The van der Waals surface area contributed by atoms with Crippen LogP contribution in [0.1, 0.15) is 29.9 Å². The largest absolute Gasteiger partial charge is 0.435 e. The second-order valence-corrected chi connectivity index (χ2v) is 4.47. The van der Waals surface area contributed by atoms with E-state index in [1.54, 1.807) is 24.3 Å². The molecule has 6 heteroatoms. The highest BCUT2D eigenvalue weighted by Crippen LogP contribution is 2.32. The number of aryl methyl sites for hydroxylation is 1. The van der Waals surface area contributed by atoms with Gasteiger partial charge in [-0.05, 0) is 19.4 Å². The minimum absolute atomic E-state index is 0.0127. The molecular formula is C13H14F3N3. The predicted molar refractivity (Wildman–Crippen MR) is 66.4 cm³/mol. The van der Waals surface area contributed by atoms with Crippen molar-refractivity contribution in [3.8, 4) is 11.4 Å². The first kappa shape index (κ1) is 13.6. The Balaban J connectivity index is 2.37. The fourth-order valence-electron chi connectivity index (χ4n) is 1.82. The molecule has 1 aromatic heterocycles. The summed E-state index contributed by atoms with van der Waals surface area (Å²) in [7, 11) is 0. The molecule has 0 spiro atoms. The van der Waals surface area contributed by atoms with Crippen molar-refractivity contribution in [2.75, 3.05) is 0 Å². The topological polar surface area (TPSA) is 54.7 Å². The van der Waals surface area contributed by atoms with E-state index in [0.29, 0.717) is 5.56 Å². The van der Waals surface area contributed by atoms with Gasteiger partial charge in [0.1, 0.15) is 5.82 Å². The number of nitrogens with two attached hydrogens (primary N) is 1. The fourth-order valence-corrected chi connectivity index (χ4v) is 1.82. The molecule has 0 aliphatic rings. The van der Waals surface area contributed by atoms with Crippen LogP contribution in [-0.2, 0) is 6.18 Å². The number of benzene rings is 1. The van der Waals surface area contributed by atoms with Crippen LogP contribution in [0.25, 0.3) is 11.4 Å². The summed E-state index contributed by atoms with van der Waals surface area (Å²) in [5.41, 5.74) is 6.37. The van der Waals surface area contributed by atoms with Gasteiger partial charge in [0.25, 0.3) is 0 Å². The molecule has 0 aliphatic carbocycles. The Hall–Kier alpha value is -1.82. The minimum atomic E-state index is -4.44. The number of nitrogens with zero attached hydrogens (tertiary/aromatic N) is 1. The number of rotatable bonds is 2. The van der Waals surface area contributed by atoms with E-state index in [2.05, 4.69) is 9.97 Å². The van der Waals surface area contributed by atoms with Crippen molar-refractivity contribution in [1.82, 2.24) is 9.97 Å². The van der Waals surface area contributed by atoms with Gasteiger partial charge in [0, 0.05) is 17.3 Å². The van der Waals surface area contributed by atoms with Gasteiger partial charge >= 0.3 is 6.18 Å². The molecule has 1 heterocycles. The first-order valence-electron chi connectivity index (χ1n) is 5.78. The summed E-state index contributed by atoms with van der Waals surface area (Å²) in [6.07, 6.45) is -4.44. The lowest BCUT2D eigenvalue weighted by Crippen LogP contribution is -2.07. The molecule has 1 unspecified atom stereocenters. The van der Waals surface area contributed by atoms with Crippen LogP contribution in [0.5, 0.6) is 0 Å². The maximum Gasteiger partial charge on any atom is 0.435 e. The molecule has 0 bridgehead atoms. The maximum absolute atomic E-state index is 12.6. The molecule has 0 radical (unpaired) electrons. The van der Waals surface area contributed by atoms with Crippen molar-refractivity contribution >= 4 is 0 Å². The fraction of sp³-hybridized carbons (Fsp3) is 0.308. The lowest BCUT2D eigenvalue weighted by molar-refractivity contribution is -0.141. The van der Waals surface area contributed by atoms with Crippen LogP contribution in [0.15, 0.2) is 24.3 Å². The molecule has 2 aromatic rings. The quantitative estimate of drug-likeness (QED) is 0.877. The van der Waals surface area contributed by atoms with Gasteiger partial charge in [-0.15, -0.1) is 0 Å². The van der Waals surface area contributed by atoms with Crippen LogP contribution in [0.2, 0.25) is 0 Å². The smallest absolute Gasteiger partial charge is 0.342 e. The van der Waals surface area contributed by atoms with Gasteiger partial charge < -0.3 is 10.7 Å². The Kier molecular flexibility index (Phi) is 3.36. The van der Waals surface area contributed by atoms with Crippen LogP contribution >= 0.6 is 0 Å². The van der Waals surface area contributed by atoms with Crippen LogP contribution in [0.4, 0.5) is 13.2 Å². The number of H-pyrrole nitrogens is 1. The summed E-state index contributed by atoms with van der Waals surface area (Å²) in [4.78, 5) is 6.27. The zero-order valence-electron chi connectivity index (χ0n) is 10.5. The number of aromatic amines is 1. The molecule has 19 heavy (non-hydrogen) atoms. The third-order valence-corrected chi connectivity index (χ3v) is 2.86. The van der Waals surface area contributed by atoms with Crippen LogP contribution in [0, 0.1) is 6.92 Å². The minimum Gasteiger partial charge on any atom is -0.342 e. The first-order valence-corrected chi connectivity index (χ1v) is 5.78. The Morgan fingerprint density at radius 3 is 2.21 bits per heavy atom. The molecule has 0 fully saturated rings. The summed E-state index contributed by atoms with van der Waals surface area (Å²) in [6, 6.07) is 6.86. The number of hydrogen-bond donors (Lipinski definition) is 2. The second kappa shape index (κ2) is 4.70. The lowest BCUT2D eigenvalue weighted by Gasteiger charge is -2.05. The van der Waals surface area contributed by atoms with Gasteiger partial charge in [0.15, 0.2) is 5.69 Å². The Morgan fingerprint density at radius 2 is 1.79 bits per heavy atom. The van der Waals surface area contributed by atoms with E-state index in [9.17, 15) is 13.2 Å². The summed E-state index contributed by atoms with van der Waals surface area (Å²) in [6.45, 7) is 3.20. The van der Waals surface area contributed by atoms with E-state index in [4.69, 9.17) is 5.73 Å². The highest BCUT2D eigenvalue weighted by atomic mass is 19.4. The number of hydrogen-bond acceptors (Lipinski definition) is 2. The summed E-state index contributed by atoms with van der Waals surface area (Å²) in [5.74, 6) is 0.209. The Bertz CT molecular complexity index is 568. The van der Waals surface area contributed by atoms with E-state index in [-0.39, 0.29) is 17.6 Å². The van der Waals surface area contributed by atoms with E-state index in [0.717, 1.165) is 5.56 Å². The van der Waals surface area contributed by atoms with E-state index >= 15 is 0 Å². The monoisotopic (exact) mass is 269 g/mol. The van der Waals surface area contributed by atoms with Crippen molar-refractivity contribution in [3.63, 3.8) is 0 Å². The molecule has 102 valence electrons. The molecule has 0 aliphatic heterocycles. The lowest BCUT2D eigenvalue weighted by atomic mass is 10.1. The number of halogens is 3. The van der Waals surface area contributed by atoms with Gasteiger partial charge in [-0.25, -0.2) is 4.98 Å².